The van der Waals surface area contributed by atoms with Gasteiger partial charge in [0.1, 0.15) is 32.9 Å². The van der Waals surface area contributed by atoms with Crippen LogP contribution in [0, 0.1) is 12.7 Å². The van der Waals surface area contributed by atoms with Crippen molar-refractivity contribution < 1.29 is 32.9 Å². The summed E-state index contributed by atoms with van der Waals surface area (Å²) in [6.45, 7) is 7.71. The van der Waals surface area contributed by atoms with Gasteiger partial charge in [-0.3, -0.25) is 14.2 Å². The number of amides is 1. The summed E-state index contributed by atoms with van der Waals surface area (Å²) in [5.41, 5.74) is -2.31. The summed E-state index contributed by atoms with van der Waals surface area (Å²) in [6.07, 6.45) is 0.740. The van der Waals surface area contributed by atoms with Gasteiger partial charge in [0.25, 0.3) is 5.56 Å². The van der Waals surface area contributed by atoms with Crippen molar-refractivity contribution in [2.75, 3.05) is 47.1 Å². The molecule has 1 amide bonds. The SMILES string of the molecule is CCOC(=O)c1sc2c(c1C)c(=O)n(C(C)(C)C(=O)N1CCCC1)c(=O)n2C[C@H](OCCOC)c1cc(F)ccc1OC. The van der Waals surface area contributed by atoms with E-state index in [1.165, 1.54) is 37.0 Å². The molecular weight excluding hydrogens is 581 g/mol. The molecule has 3 heterocycles. The van der Waals surface area contributed by atoms with Gasteiger partial charge in [0.05, 0.1) is 38.9 Å². The minimum Gasteiger partial charge on any atom is -0.496 e. The topological polar surface area (TPSA) is 118 Å². The Hall–Kier alpha value is -3.55. The Bertz CT molecular complexity index is 1620. The second-order valence-corrected chi connectivity index (χ2v) is 11.8. The van der Waals surface area contributed by atoms with E-state index in [1.54, 1.807) is 32.6 Å². The zero-order chi connectivity index (χ0) is 31.5. The van der Waals surface area contributed by atoms with Gasteiger partial charge in [-0.25, -0.2) is 18.5 Å². The fourth-order valence-electron chi connectivity index (χ4n) is 5.43. The van der Waals surface area contributed by atoms with Gasteiger partial charge in [-0.15, -0.1) is 11.3 Å². The highest BCUT2D eigenvalue weighted by atomic mass is 32.1. The molecule has 2 aromatic heterocycles. The van der Waals surface area contributed by atoms with E-state index in [-0.39, 0.29) is 47.4 Å². The van der Waals surface area contributed by atoms with Crippen LogP contribution in [0.25, 0.3) is 10.2 Å². The van der Waals surface area contributed by atoms with Gasteiger partial charge in [-0.05, 0) is 64.3 Å². The Morgan fingerprint density at radius 3 is 2.44 bits per heavy atom. The van der Waals surface area contributed by atoms with Crippen molar-refractivity contribution in [3.05, 3.63) is 60.9 Å². The summed E-state index contributed by atoms with van der Waals surface area (Å²) >= 11 is 0.953. The van der Waals surface area contributed by atoms with Crippen LogP contribution in [0.4, 0.5) is 4.39 Å². The summed E-state index contributed by atoms with van der Waals surface area (Å²) in [7, 11) is 2.95. The number of hydrogen-bond acceptors (Lipinski definition) is 9. The van der Waals surface area contributed by atoms with Crippen LogP contribution >= 0.6 is 11.3 Å². The highest BCUT2D eigenvalue weighted by Crippen LogP contribution is 2.34. The van der Waals surface area contributed by atoms with Crippen LogP contribution in [0.2, 0.25) is 0 Å². The van der Waals surface area contributed by atoms with Crippen molar-refractivity contribution in [3.8, 4) is 5.75 Å². The number of carbonyl (C=O) groups is 2. The Balaban J connectivity index is 2.00. The van der Waals surface area contributed by atoms with Gasteiger partial charge in [0.15, 0.2) is 0 Å². The van der Waals surface area contributed by atoms with E-state index >= 15 is 0 Å². The molecule has 0 saturated carbocycles. The summed E-state index contributed by atoms with van der Waals surface area (Å²) in [6, 6.07) is 3.97. The fourth-order valence-corrected chi connectivity index (χ4v) is 6.63. The molecular formula is C30H38FN3O8S. The molecule has 0 bridgehead atoms. The molecule has 1 saturated heterocycles. The first-order valence-corrected chi connectivity index (χ1v) is 15.0. The van der Waals surface area contributed by atoms with Crippen molar-refractivity contribution in [1.29, 1.82) is 0 Å². The number of nitrogens with zero attached hydrogens (tertiary/aromatic N) is 3. The van der Waals surface area contributed by atoms with Gasteiger partial charge in [0.2, 0.25) is 5.91 Å². The summed E-state index contributed by atoms with van der Waals surface area (Å²) < 4.78 is 38.7. The molecule has 1 aromatic carbocycles. The van der Waals surface area contributed by atoms with Crippen LogP contribution in [0.3, 0.4) is 0 Å². The Morgan fingerprint density at radius 1 is 1.12 bits per heavy atom. The lowest BCUT2D eigenvalue weighted by molar-refractivity contribution is -0.138. The summed E-state index contributed by atoms with van der Waals surface area (Å²) in [4.78, 5) is 57.1. The number of hydrogen-bond donors (Lipinski definition) is 0. The fraction of sp³-hybridized carbons (Fsp3) is 0.533. The highest BCUT2D eigenvalue weighted by Gasteiger charge is 2.39. The van der Waals surface area contributed by atoms with E-state index in [2.05, 4.69) is 0 Å². The monoisotopic (exact) mass is 619 g/mol. The average molecular weight is 620 g/mol. The maximum atomic E-state index is 14.5. The standard InChI is InChI=1S/C30H38FN3O8S/c1-7-41-27(36)24-18(2)23-25(35)34(30(3,4)28(37)32-12-8-9-13-32)29(38)33(26(23)43-24)17-22(42-15-14-39-5)20-16-19(31)10-11-21(20)40-6/h10-11,16,22H,7-9,12-15,17H2,1-6H3/t22-/m0/s1. The Labute approximate surface area is 252 Å². The predicted molar refractivity (Wildman–Crippen MR) is 160 cm³/mol. The minimum atomic E-state index is -1.55. The van der Waals surface area contributed by atoms with E-state index in [1.807, 2.05) is 0 Å². The second-order valence-electron chi connectivity index (χ2n) is 10.8. The molecule has 3 aromatic rings. The molecule has 11 nitrogen and oxygen atoms in total. The van der Waals surface area contributed by atoms with Crippen LogP contribution < -0.4 is 16.0 Å². The van der Waals surface area contributed by atoms with Gasteiger partial charge in [-0.1, -0.05) is 0 Å². The number of thiophene rings is 1. The molecule has 0 unspecified atom stereocenters. The number of esters is 1. The lowest BCUT2D eigenvalue weighted by atomic mass is 10.0. The molecule has 0 radical (unpaired) electrons. The number of aryl methyl sites for hydroxylation is 1. The van der Waals surface area contributed by atoms with Crippen molar-refractivity contribution in [2.45, 2.75) is 58.7 Å². The Kier molecular flexibility index (Phi) is 10.1. The molecule has 1 fully saturated rings. The van der Waals surface area contributed by atoms with Crippen LogP contribution in [0.1, 0.15) is 60.5 Å². The third-order valence-corrected chi connectivity index (χ3v) is 8.94. The lowest BCUT2D eigenvalue weighted by Crippen LogP contribution is -2.56. The molecule has 4 rings (SSSR count). The lowest BCUT2D eigenvalue weighted by Gasteiger charge is -2.31. The normalized spacial score (nSPS) is 14.3. The maximum absolute atomic E-state index is 14.5. The van der Waals surface area contributed by atoms with Crippen molar-refractivity contribution in [2.24, 2.45) is 0 Å². The molecule has 13 heteroatoms. The first kappa shape index (κ1) is 32.4. The van der Waals surface area contributed by atoms with E-state index in [9.17, 15) is 23.6 Å². The van der Waals surface area contributed by atoms with E-state index in [0.29, 0.717) is 30.0 Å². The van der Waals surface area contributed by atoms with Gasteiger partial charge in [-0.2, -0.15) is 0 Å². The summed E-state index contributed by atoms with van der Waals surface area (Å²) in [5, 5.41) is 0.122. The molecule has 0 aliphatic carbocycles. The molecule has 0 spiro atoms. The first-order chi connectivity index (χ1) is 20.5. The van der Waals surface area contributed by atoms with E-state index < -0.39 is 34.7 Å². The maximum Gasteiger partial charge on any atom is 0.348 e. The zero-order valence-electron chi connectivity index (χ0n) is 25.4. The third kappa shape index (κ3) is 6.24. The van der Waals surface area contributed by atoms with Crippen molar-refractivity contribution in [3.63, 3.8) is 0 Å². The number of rotatable bonds is 12. The van der Waals surface area contributed by atoms with Crippen LogP contribution in [0.5, 0.6) is 5.75 Å². The predicted octanol–water partition coefficient (Wildman–Crippen LogP) is 3.62. The van der Waals surface area contributed by atoms with Crippen LogP contribution in [-0.4, -0.2) is 73.0 Å². The number of halogens is 1. The number of carbonyl (C=O) groups excluding carboxylic acids is 2. The van der Waals surface area contributed by atoms with Gasteiger partial charge >= 0.3 is 11.7 Å². The molecule has 43 heavy (non-hydrogen) atoms. The quantitative estimate of drug-likeness (QED) is 0.223. The van der Waals surface area contributed by atoms with Crippen molar-refractivity contribution in [1.82, 2.24) is 14.0 Å². The van der Waals surface area contributed by atoms with Crippen LogP contribution in [-0.2, 0) is 31.1 Å². The second kappa shape index (κ2) is 13.4. The Morgan fingerprint density at radius 2 is 1.81 bits per heavy atom. The average Bonchev–Trinajstić information content (AvgIpc) is 3.62. The highest BCUT2D eigenvalue weighted by molar-refractivity contribution is 7.20. The largest absolute Gasteiger partial charge is 0.496 e. The molecule has 1 aliphatic rings. The molecule has 1 atom stereocenters. The number of methoxy groups -OCH3 is 2. The minimum absolute atomic E-state index is 0.106. The van der Waals surface area contributed by atoms with Gasteiger partial charge < -0.3 is 23.8 Å². The number of aromatic nitrogens is 2. The molecule has 1 aliphatic heterocycles. The smallest absolute Gasteiger partial charge is 0.348 e. The van der Waals surface area contributed by atoms with Crippen LogP contribution in [0.15, 0.2) is 27.8 Å². The number of benzene rings is 1. The first-order valence-electron chi connectivity index (χ1n) is 14.2. The third-order valence-electron chi connectivity index (χ3n) is 7.64. The molecule has 234 valence electrons. The van der Waals surface area contributed by atoms with E-state index in [0.717, 1.165) is 28.7 Å². The summed E-state index contributed by atoms with van der Waals surface area (Å²) in [5.74, 6) is -1.18. The molecule has 0 N–H and O–H groups in total. The number of ether oxygens (including phenoxy) is 4. The van der Waals surface area contributed by atoms with E-state index in [4.69, 9.17) is 18.9 Å². The van der Waals surface area contributed by atoms with Gasteiger partial charge in [0, 0.05) is 25.8 Å². The van der Waals surface area contributed by atoms with Crippen molar-refractivity contribution >= 4 is 33.4 Å². The zero-order valence-corrected chi connectivity index (χ0v) is 26.2. The number of fused-ring (bicyclic) bond motifs is 1. The number of likely N-dealkylation sites (tertiary alicyclic amines) is 1.